The van der Waals surface area contributed by atoms with Crippen LogP contribution in [0.4, 0.5) is 0 Å². The summed E-state index contributed by atoms with van der Waals surface area (Å²) in [7, 11) is 1.55. The smallest absolute Gasteiger partial charge is 0.340 e. The molecule has 0 aromatic carbocycles. The van der Waals surface area contributed by atoms with Gasteiger partial charge in [-0.15, -0.1) is 0 Å². The van der Waals surface area contributed by atoms with Gasteiger partial charge in [-0.25, -0.2) is 4.79 Å². The molecule has 0 aliphatic carbocycles. The molecule has 1 atom stereocenters. The number of cyclic esters (lactones) is 1. The zero-order valence-corrected chi connectivity index (χ0v) is 12.2. The van der Waals surface area contributed by atoms with E-state index in [1.54, 1.807) is 27.9 Å². The average Bonchev–Trinajstić information content (AvgIpc) is 2.29. The van der Waals surface area contributed by atoms with Crippen molar-refractivity contribution in [2.24, 2.45) is 0 Å². The predicted molar refractivity (Wildman–Crippen MR) is 70.1 cm³/mol. The summed E-state index contributed by atoms with van der Waals surface area (Å²) in [5.74, 6) is -0.685. The lowest BCUT2D eigenvalue weighted by Crippen LogP contribution is -2.37. The minimum Gasteiger partial charge on any atom is -0.457 e. The lowest BCUT2D eigenvalue weighted by atomic mass is 10.1. The van der Waals surface area contributed by atoms with Crippen LogP contribution in [0.15, 0.2) is 23.5 Å². The van der Waals surface area contributed by atoms with E-state index in [0.717, 1.165) is 0 Å². The van der Waals surface area contributed by atoms with Crippen LogP contribution in [-0.2, 0) is 23.7 Å². The van der Waals surface area contributed by atoms with E-state index in [-0.39, 0.29) is 18.9 Å². The van der Waals surface area contributed by atoms with Crippen molar-refractivity contribution in [1.29, 1.82) is 0 Å². The topological polar surface area (TPSA) is 54.0 Å². The number of ether oxygens (including phenoxy) is 4. The van der Waals surface area contributed by atoms with Crippen LogP contribution in [0.3, 0.4) is 0 Å². The molecule has 5 heteroatoms. The molecule has 0 spiro atoms. The first-order valence-corrected chi connectivity index (χ1v) is 6.25. The Morgan fingerprint density at radius 3 is 2.58 bits per heavy atom. The van der Waals surface area contributed by atoms with Gasteiger partial charge in [0.05, 0.1) is 11.7 Å². The molecule has 1 rings (SSSR count). The fourth-order valence-corrected chi connectivity index (χ4v) is 1.86. The van der Waals surface area contributed by atoms with Gasteiger partial charge in [0.25, 0.3) is 0 Å². The number of allylic oxidation sites excluding steroid dienone is 2. The molecule has 0 amide bonds. The molecule has 0 saturated carbocycles. The highest BCUT2D eigenvalue weighted by atomic mass is 16.7. The fourth-order valence-electron chi connectivity index (χ4n) is 1.86. The molecule has 0 aromatic rings. The average molecular weight is 270 g/mol. The van der Waals surface area contributed by atoms with E-state index in [4.69, 9.17) is 18.9 Å². The molecule has 0 fully saturated rings. The molecule has 5 nitrogen and oxygen atoms in total. The first-order chi connectivity index (χ1) is 8.89. The van der Waals surface area contributed by atoms with Crippen LogP contribution in [-0.4, -0.2) is 31.8 Å². The van der Waals surface area contributed by atoms with Crippen LogP contribution in [0.5, 0.6) is 0 Å². The Bertz CT molecular complexity index is 381. The molecule has 0 N–H and O–H groups in total. The van der Waals surface area contributed by atoms with Crippen LogP contribution >= 0.6 is 0 Å². The highest BCUT2D eigenvalue weighted by Gasteiger charge is 2.34. The Hall–Kier alpha value is -1.33. The zero-order valence-electron chi connectivity index (χ0n) is 12.2. The van der Waals surface area contributed by atoms with Crippen LogP contribution in [0.2, 0.25) is 0 Å². The number of hydrogen-bond donors (Lipinski definition) is 0. The van der Waals surface area contributed by atoms with Crippen molar-refractivity contribution < 1.29 is 23.7 Å². The molecular weight excluding hydrogens is 248 g/mol. The third-order valence-corrected chi connectivity index (χ3v) is 2.62. The summed E-state index contributed by atoms with van der Waals surface area (Å²) in [5, 5.41) is 0. The van der Waals surface area contributed by atoms with Crippen LogP contribution < -0.4 is 0 Å². The number of esters is 1. The number of methoxy groups -OCH3 is 1. The summed E-state index contributed by atoms with van der Waals surface area (Å²) in [6, 6.07) is 0. The highest BCUT2D eigenvalue weighted by Crippen LogP contribution is 2.29. The first-order valence-electron chi connectivity index (χ1n) is 6.25. The number of carbonyl (C=O) groups is 1. The van der Waals surface area contributed by atoms with E-state index in [2.05, 4.69) is 0 Å². The molecule has 0 saturated heterocycles. The Kier molecular flexibility index (Phi) is 5.57. The minimum absolute atomic E-state index is 0.169. The van der Waals surface area contributed by atoms with Gasteiger partial charge in [0.15, 0.2) is 0 Å². The van der Waals surface area contributed by atoms with Crippen molar-refractivity contribution in [1.82, 2.24) is 0 Å². The summed E-state index contributed by atoms with van der Waals surface area (Å²) in [4.78, 5) is 12.0. The second-order valence-corrected chi connectivity index (χ2v) is 4.77. The van der Waals surface area contributed by atoms with E-state index in [1.807, 2.05) is 19.1 Å². The second-order valence-electron chi connectivity index (χ2n) is 4.77. The molecule has 1 unspecified atom stereocenters. The number of rotatable bonds is 6. The van der Waals surface area contributed by atoms with E-state index >= 15 is 0 Å². The van der Waals surface area contributed by atoms with Crippen molar-refractivity contribution in [3.63, 3.8) is 0 Å². The van der Waals surface area contributed by atoms with Gasteiger partial charge in [0, 0.05) is 27.4 Å². The lowest BCUT2D eigenvalue weighted by molar-refractivity contribution is -0.208. The van der Waals surface area contributed by atoms with Gasteiger partial charge >= 0.3 is 5.97 Å². The van der Waals surface area contributed by atoms with Crippen molar-refractivity contribution in [2.45, 2.75) is 46.0 Å². The maximum absolute atomic E-state index is 12.0. The molecular formula is C14H22O5. The molecule has 19 heavy (non-hydrogen) atoms. The molecule has 0 aromatic heterocycles. The fraction of sp³-hybridized carbons (Fsp3) is 0.643. The van der Waals surface area contributed by atoms with Crippen LogP contribution in [0, 0.1) is 0 Å². The van der Waals surface area contributed by atoms with Crippen molar-refractivity contribution in [2.75, 3.05) is 13.9 Å². The quantitative estimate of drug-likeness (QED) is 0.422. The van der Waals surface area contributed by atoms with E-state index in [1.165, 1.54) is 0 Å². The molecule has 1 heterocycles. The Morgan fingerprint density at radius 1 is 1.37 bits per heavy atom. The lowest BCUT2D eigenvalue weighted by Gasteiger charge is -2.33. The first kappa shape index (κ1) is 15.7. The van der Waals surface area contributed by atoms with Gasteiger partial charge in [-0.1, -0.05) is 12.2 Å². The summed E-state index contributed by atoms with van der Waals surface area (Å²) in [6.45, 7) is 7.23. The molecule has 1 aliphatic heterocycles. The Labute approximate surface area is 114 Å². The van der Waals surface area contributed by atoms with E-state index in [0.29, 0.717) is 17.8 Å². The van der Waals surface area contributed by atoms with E-state index < -0.39 is 5.79 Å². The predicted octanol–water partition coefficient (Wildman–Crippen LogP) is 2.53. The Balaban J connectivity index is 2.80. The van der Waals surface area contributed by atoms with Gasteiger partial charge in [0.2, 0.25) is 5.79 Å². The van der Waals surface area contributed by atoms with Gasteiger partial charge in [-0.05, 0) is 13.8 Å². The maximum Gasteiger partial charge on any atom is 0.340 e. The molecule has 1 aliphatic rings. The van der Waals surface area contributed by atoms with E-state index in [9.17, 15) is 4.79 Å². The second kappa shape index (κ2) is 6.73. The molecule has 108 valence electrons. The third-order valence-electron chi connectivity index (χ3n) is 2.62. The largest absolute Gasteiger partial charge is 0.457 e. The minimum atomic E-state index is -0.909. The third kappa shape index (κ3) is 4.69. The summed E-state index contributed by atoms with van der Waals surface area (Å²) in [5.41, 5.74) is 0.499. The van der Waals surface area contributed by atoms with Crippen molar-refractivity contribution in [3.05, 3.63) is 23.5 Å². The maximum atomic E-state index is 12.0. The summed E-state index contributed by atoms with van der Waals surface area (Å²) >= 11 is 0. The zero-order chi connectivity index (χ0) is 14.5. The monoisotopic (exact) mass is 270 g/mol. The van der Waals surface area contributed by atoms with Gasteiger partial charge in [-0.2, -0.15) is 0 Å². The van der Waals surface area contributed by atoms with Crippen molar-refractivity contribution >= 4 is 5.97 Å². The summed E-state index contributed by atoms with van der Waals surface area (Å²) in [6.07, 6.45) is 3.89. The SMILES string of the molecule is C/C=C/C(CC1=C(C)OC(C)(C)OC1=O)OCOC. The molecule has 0 radical (unpaired) electrons. The van der Waals surface area contributed by atoms with Gasteiger partial charge < -0.3 is 18.9 Å². The van der Waals surface area contributed by atoms with Gasteiger partial charge in [-0.3, -0.25) is 0 Å². The Morgan fingerprint density at radius 2 is 2.05 bits per heavy atom. The van der Waals surface area contributed by atoms with Gasteiger partial charge in [0.1, 0.15) is 12.6 Å². The van der Waals surface area contributed by atoms with Crippen molar-refractivity contribution in [3.8, 4) is 0 Å². The number of carbonyl (C=O) groups excluding carboxylic acids is 1. The van der Waals surface area contributed by atoms with Crippen LogP contribution in [0.25, 0.3) is 0 Å². The summed E-state index contributed by atoms with van der Waals surface area (Å²) < 4.78 is 21.1. The molecule has 0 bridgehead atoms. The van der Waals surface area contributed by atoms with Crippen LogP contribution in [0.1, 0.15) is 34.1 Å². The number of hydrogen-bond acceptors (Lipinski definition) is 5. The normalized spacial score (nSPS) is 20.4. The standard InChI is InChI=1S/C14H22O5/c1-6-7-11(17-9-16-5)8-12-10(2)18-14(3,4)19-13(12)15/h6-7,11H,8-9H2,1-5H3/b7-6+. The highest BCUT2D eigenvalue weighted by molar-refractivity contribution is 5.89.